The summed E-state index contributed by atoms with van der Waals surface area (Å²) < 4.78 is 5.57. The van der Waals surface area contributed by atoms with Gasteiger partial charge in [0.1, 0.15) is 24.0 Å². The minimum Gasteiger partial charge on any atom is -0.492 e. The van der Waals surface area contributed by atoms with Crippen molar-refractivity contribution in [3.63, 3.8) is 0 Å². The van der Waals surface area contributed by atoms with Gasteiger partial charge in [-0.2, -0.15) is 5.26 Å². The van der Waals surface area contributed by atoms with Gasteiger partial charge >= 0.3 is 0 Å². The number of nitro benzene ring substituents is 1. The molecule has 2 N–H and O–H groups in total. The Bertz CT molecular complexity index is 530. The smallest absolute Gasteiger partial charge is 0.287 e. The molecule has 2 rings (SSSR count). The molecule has 0 amide bonds. The molecule has 0 spiro atoms. The lowest BCUT2D eigenvalue weighted by Gasteiger charge is -2.23. The fraction of sp³-hybridized carbons (Fsp3) is 0.462. The van der Waals surface area contributed by atoms with Crippen molar-refractivity contribution in [3.8, 4) is 11.8 Å². The first kappa shape index (κ1) is 13.3. The molecule has 0 saturated heterocycles. The fourth-order valence-corrected chi connectivity index (χ4v) is 2.30. The minimum atomic E-state index is -0.580. The highest BCUT2D eigenvalue weighted by Crippen LogP contribution is 2.29. The fourth-order valence-electron chi connectivity index (χ4n) is 2.30. The van der Waals surface area contributed by atoms with Crippen LogP contribution in [0.2, 0.25) is 0 Å². The van der Waals surface area contributed by atoms with Gasteiger partial charge in [-0.25, -0.2) is 0 Å². The van der Waals surface area contributed by atoms with Gasteiger partial charge in [0.05, 0.1) is 10.5 Å². The molecule has 1 saturated carbocycles. The van der Waals surface area contributed by atoms with Crippen LogP contribution in [0.25, 0.3) is 0 Å². The molecule has 100 valence electrons. The van der Waals surface area contributed by atoms with Crippen LogP contribution in [0.1, 0.15) is 31.2 Å². The molecule has 0 heterocycles. The van der Waals surface area contributed by atoms with Gasteiger partial charge in [0.25, 0.3) is 5.69 Å². The molecule has 1 aliphatic carbocycles. The van der Waals surface area contributed by atoms with E-state index in [0.29, 0.717) is 12.4 Å². The van der Waals surface area contributed by atoms with Crippen molar-refractivity contribution in [2.75, 3.05) is 6.61 Å². The number of nitrogens with zero attached hydrogens (tertiary/aromatic N) is 2. The number of ether oxygens (including phenoxy) is 1. The summed E-state index contributed by atoms with van der Waals surface area (Å²) in [6.45, 7) is 0.371. The van der Waals surface area contributed by atoms with Gasteiger partial charge in [-0.15, -0.1) is 0 Å². The van der Waals surface area contributed by atoms with E-state index >= 15 is 0 Å². The van der Waals surface area contributed by atoms with E-state index in [0.717, 1.165) is 25.7 Å². The lowest BCUT2D eigenvalue weighted by molar-refractivity contribution is -0.385. The topological polar surface area (TPSA) is 102 Å². The number of nitrogens with two attached hydrogens (primary N) is 1. The van der Waals surface area contributed by atoms with Crippen LogP contribution in [0, 0.1) is 21.4 Å². The Hall–Kier alpha value is -2.13. The predicted molar refractivity (Wildman–Crippen MR) is 68.7 cm³/mol. The normalized spacial score (nSPS) is 16.8. The van der Waals surface area contributed by atoms with Crippen LogP contribution in [0.4, 0.5) is 5.69 Å². The molecule has 6 nitrogen and oxygen atoms in total. The molecule has 0 unspecified atom stereocenters. The lowest BCUT2D eigenvalue weighted by Crippen LogP contribution is -2.42. The largest absolute Gasteiger partial charge is 0.492 e. The molecule has 0 aliphatic heterocycles. The third kappa shape index (κ3) is 3.01. The maximum absolute atomic E-state index is 10.7. The average Bonchev–Trinajstić information content (AvgIpc) is 2.83. The van der Waals surface area contributed by atoms with Gasteiger partial charge in [-0.1, -0.05) is 12.8 Å². The molecular formula is C13H15N3O3. The first-order chi connectivity index (χ1) is 9.04. The van der Waals surface area contributed by atoms with Crippen LogP contribution >= 0.6 is 0 Å². The standard InChI is InChI=1S/C13H15N3O3/c14-8-10-7-11(3-4-12(10)16(17)18)19-9-13(15)5-1-2-6-13/h3-4,7H,1-2,5-6,9,15H2. The third-order valence-corrected chi connectivity index (χ3v) is 3.41. The lowest BCUT2D eigenvalue weighted by atomic mass is 10.0. The zero-order valence-corrected chi connectivity index (χ0v) is 10.5. The predicted octanol–water partition coefficient (Wildman–Crippen LogP) is 2.12. The van der Waals surface area contributed by atoms with Crippen molar-refractivity contribution in [1.82, 2.24) is 0 Å². The Balaban J connectivity index is 2.09. The first-order valence-corrected chi connectivity index (χ1v) is 6.14. The molecule has 0 aromatic heterocycles. The monoisotopic (exact) mass is 261 g/mol. The SMILES string of the molecule is N#Cc1cc(OCC2(N)CCCC2)ccc1[N+](=O)[O-]. The second kappa shape index (κ2) is 5.24. The number of hydrogen-bond acceptors (Lipinski definition) is 5. The highest BCUT2D eigenvalue weighted by atomic mass is 16.6. The molecule has 1 fully saturated rings. The van der Waals surface area contributed by atoms with Gasteiger partial charge < -0.3 is 10.5 Å². The summed E-state index contributed by atoms with van der Waals surface area (Å²) in [5.74, 6) is 0.443. The zero-order valence-electron chi connectivity index (χ0n) is 10.5. The molecule has 1 aromatic carbocycles. The minimum absolute atomic E-state index is 0.00000614. The first-order valence-electron chi connectivity index (χ1n) is 6.14. The summed E-state index contributed by atoms with van der Waals surface area (Å²) in [5, 5.41) is 19.6. The van der Waals surface area contributed by atoms with Crippen molar-refractivity contribution in [1.29, 1.82) is 5.26 Å². The number of nitro groups is 1. The molecule has 0 atom stereocenters. The molecule has 1 aromatic rings. The summed E-state index contributed by atoms with van der Waals surface area (Å²) in [4.78, 5) is 10.1. The molecule has 0 radical (unpaired) electrons. The van der Waals surface area contributed by atoms with E-state index < -0.39 is 4.92 Å². The summed E-state index contributed by atoms with van der Waals surface area (Å²) in [6, 6.07) is 5.97. The van der Waals surface area contributed by atoms with E-state index in [2.05, 4.69) is 0 Å². The van der Waals surface area contributed by atoms with Crippen LogP contribution in [0.3, 0.4) is 0 Å². The van der Waals surface area contributed by atoms with Crippen LogP contribution in [-0.4, -0.2) is 17.1 Å². The van der Waals surface area contributed by atoms with E-state index in [4.69, 9.17) is 15.7 Å². The molecular weight excluding hydrogens is 246 g/mol. The highest BCUT2D eigenvalue weighted by Gasteiger charge is 2.30. The molecule has 19 heavy (non-hydrogen) atoms. The van der Waals surface area contributed by atoms with Gasteiger partial charge in [-0.3, -0.25) is 10.1 Å². The Morgan fingerprint density at radius 3 is 2.74 bits per heavy atom. The van der Waals surface area contributed by atoms with E-state index in [9.17, 15) is 10.1 Å². The van der Waals surface area contributed by atoms with Crippen molar-refractivity contribution in [2.45, 2.75) is 31.2 Å². The van der Waals surface area contributed by atoms with Crippen LogP contribution in [0.5, 0.6) is 5.75 Å². The van der Waals surface area contributed by atoms with Crippen molar-refractivity contribution >= 4 is 5.69 Å². The van der Waals surface area contributed by atoms with E-state index in [1.54, 1.807) is 6.07 Å². The molecule has 1 aliphatic rings. The maximum Gasteiger partial charge on any atom is 0.287 e. The molecule has 6 heteroatoms. The summed E-state index contributed by atoms with van der Waals surface area (Å²) in [5.41, 5.74) is 5.64. The van der Waals surface area contributed by atoms with Crippen LogP contribution in [0.15, 0.2) is 18.2 Å². The van der Waals surface area contributed by atoms with Gasteiger partial charge in [0, 0.05) is 12.1 Å². The van der Waals surface area contributed by atoms with Crippen molar-refractivity contribution in [2.24, 2.45) is 5.73 Å². The summed E-state index contributed by atoms with van der Waals surface area (Å²) in [6.07, 6.45) is 4.04. The average molecular weight is 261 g/mol. The van der Waals surface area contributed by atoms with Crippen molar-refractivity contribution < 1.29 is 9.66 Å². The number of benzene rings is 1. The number of rotatable bonds is 4. The Labute approximate surface area is 110 Å². The van der Waals surface area contributed by atoms with Crippen LogP contribution in [-0.2, 0) is 0 Å². The summed E-state index contributed by atoms with van der Waals surface area (Å²) >= 11 is 0. The van der Waals surface area contributed by atoms with E-state index in [1.807, 2.05) is 0 Å². The molecule has 0 bridgehead atoms. The highest BCUT2D eigenvalue weighted by molar-refractivity contribution is 5.52. The van der Waals surface area contributed by atoms with Gasteiger partial charge in [0.15, 0.2) is 0 Å². The zero-order chi connectivity index (χ0) is 13.9. The maximum atomic E-state index is 10.7. The third-order valence-electron chi connectivity index (χ3n) is 3.41. The number of nitriles is 1. The van der Waals surface area contributed by atoms with Crippen molar-refractivity contribution in [3.05, 3.63) is 33.9 Å². The van der Waals surface area contributed by atoms with Gasteiger partial charge in [-0.05, 0) is 18.9 Å². The number of hydrogen-bond donors (Lipinski definition) is 1. The van der Waals surface area contributed by atoms with E-state index in [-0.39, 0.29) is 16.8 Å². The van der Waals surface area contributed by atoms with Crippen LogP contribution < -0.4 is 10.5 Å². The second-order valence-electron chi connectivity index (χ2n) is 4.91. The Morgan fingerprint density at radius 2 is 2.16 bits per heavy atom. The Kier molecular flexibility index (Phi) is 3.67. The second-order valence-corrected chi connectivity index (χ2v) is 4.91. The summed E-state index contributed by atoms with van der Waals surface area (Å²) in [7, 11) is 0. The van der Waals surface area contributed by atoms with Gasteiger partial charge in [0.2, 0.25) is 0 Å². The Morgan fingerprint density at radius 1 is 1.47 bits per heavy atom. The van der Waals surface area contributed by atoms with E-state index in [1.165, 1.54) is 18.2 Å². The quantitative estimate of drug-likeness (QED) is 0.660.